The zero-order chi connectivity index (χ0) is 11.9. The summed E-state index contributed by atoms with van der Waals surface area (Å²) in [5, 5.41) is 7.20. The molecule has 2 heterocycles. The first kappa shape index (κ1) is 11.0. The quantitative estimate of drug-likeness (QED) is 0.647. The number of carbonyl (C=O) groups excluding carboxylic acids is 1. The van der Waals surface area contributed by atoms with Gasteiger partial charge in [0.05, 0.1) is 11.2 Å². The van der Waals surface area contributed by atoms with Crippen LogP contribution in [-0.4, -0.2) is 21.5 Å². The highest BCUT2D eigenvalue weighted by molar-refractivity contribution is 5.77. The van der Waals surface area contributed by atoms with Gasteiger partial charge in [-0.1, -0.05) is 24.3 Å². The maximum Gasteiger partial charge on any atom is 0.167 e. The van der Waals surface area contributed by atoms with Crippen molar-refractivity contribution < 1.29 is 4.79 Å². The molecule has 4 nitrogen and oxygen atoms in total. The predicted octanol–water partition coefficient (Wildman–Crippen LogP) is 2.46. The number of nitrogens with one attached hydrogen (secondary N) is 1. The predicted molar refractivity (Wildman–Crippen MR) is 65.7 cm³/mol. The molecule has 0 saturated heterocycles. The third kappa shape index (κ3) is 2.98. The van der Waals surface area contributed by atoms with Gasteiger partial charge in [0.15, 0.2) is 6.29 Å². The summed E-state index contributed by atoms with van der Waals surface area (Å²) in [5.74, 6) is 0. The van der Waals surface area contributed by atoms with Crippen LogP contribution in [0.2, 0.25) is 0 Å². The van der Waals surface area contributed by atoms with Gasteiger partial charge in [0.1, 0.15) is 0 Å². The number of carbonyl (C=O) groups is 1. The van der Waals surface area contributed by atoms with Crippen LogP contribution in [0.1, 0.15) is 10.5 Å². The van der Waals surface area contributed by atoms with Gasteiger partial charge >= 0.3 is 0 Å². The van der Waals surface area contributed by atoms with Crippen LogP contribution in [0.5, 0.6) is 0 Å². The van der Waals surface area contributed by atoms with Gasteiger partial charge in [0, 0.05) is 17.8 Å². The maximum atomic E-state index is 9.80. The van der Waals surface area contributed by atoms with Gasteiger partial charge in [0.25, 0.3) is 0 Å². The van der Waals surface area contributed by atoms with E-state index in [0.717, 1.165) is 5.52 Å². The molecule has 0 aliphatic rings. The van der Waals surface area contributed by atoms with Crippen molar-refractivity contribution in [3.05, 3.63) is 60.6 Å². The molecular formula is C13H11N3O. The van der Waals surface area contributed by atoms with Crippen LogP contribution >= 0.6 is 0 Å². The monoisotopic (exact) mass is 225 g/mol. The van der Waals surface area contributed by atoms with Gasteiger partial charge in [-0.3, -0.25) is 14.9 Å². The van der Waals surface area contributed by atoms with Crippen LogP contribution in [0.4, 0.5) is 0 Å². The molecule has 0 amide bonds. The Morgan fingerprint density at radius 3 is 2.47 bits per heavy atom. The van der Waals surface area contributed by atoms with E-state index in [-0.39, 0.29) is 0 Å². The first-order valence-corrected chi connectivity index (χ1v) is 5.14. The first-order chi connectivity index (χ1) is 8.40. The van der Waals surface area contributed by atoms with Gasteiger partial charge in [0.2, 0.25) is 0 Å². The molecule has 0 atom stereocenters. The average Bonchev–Trinajstić information content (AvgIpc) is 2.93. The summed E-state index contributed by atoms with van der Waals surface area (Å²) in [6.07, 6.45) is 4.05. The van der Waals surface area contributed by atoms with Crippen LogP contribution in [0.3, 0.4) is 0 Å². The van der Waals surface area contributed by atoms with Gasteiger partial charge in [-0.15, -0.1) is 0 Å². The molecule has 17 heavy (non-hydrogen) atoms. The van der Waals surface area contributed by atoms with Gasteiger partial charge in [-0.05, 0) is 18.2 Å². The molecule has 3 rings (SSSR count). The Kier molecular flexibility index (Phi) is 3.60. The van der Waals surface area contributed by atoms with Crippen molar-refractivity contribution in [2.75, 3.05) is 0 Å². The van der Waals surface area contributed by atoms with Crippen molar-refractivity contribution in [3.63, 3.8) is 0 Å². The number of rotatable bonds is 1. The minimum atomic E-state index is 0.514. The lowest BCUT2D eigenvalue weighted by atomic mass is 10.2. The van der Waals surface area contributed by atoms with Crippen molar-refractivity contribution in [2.45, 2.75) is 0 Å². The second-order valence-electron chi connectivity index (χ2n) is 3.33. The summed E-state index contributed by atoms with van der Waals surface area (Å²) < 4.78 is 0. The van der Waals surface area contributed by atoms with E-state index in [2.05, 4.69) is 27.3 Å². The second-order valence-corrected chi connectivity index (χ2v) is 3.33. The lowest BCUT2D eigenvalue weighted by molar-refractivity contribution is 0.111. The van der Waals surface area contributed by atoms with Crippen molar-refractivity contribution in [1.29, 1.82) is 0 Å². The SMILES string of the molecule is O=Cc1ccn[nH]1.c1ccc2ncccc2c1. The first-order valence-electron chi connectivity index (χ1n) is 5.14. The van der Waals surface area contributed by atoms with Crippen molar-refractivity contribution in [3.8, 4) is 0 Å². The fourth-order valence-corrected chi connectivity index (χ4v) is 1.35. The number of fused-ring (bicyclic) bond motifs is 1. The number of hydrogen-bond donors (Lipinski definition) is 1. The summed E-state index contributed by atoms with van der Waals surface area (Å²) in [5.41, 5.74) is 1.57. The van der Waals surface area contributed by atoms with Crippen LogP contribution < -0.4 is 0 Å². The van der Waals surface area contributed by atoms with Crippen LogP contribution in [0.25, 0.3) is 10.9 Å². The molecule has 84 valence electrons. The van der Waals surface area contributed by atoms with E-state index >= 15 is 0 Å². The Labute approximate surface area is 98.3 Å². The Morgan fingerprint density at radius 2 is 1.82 bits per heavy atom. The van der Waals surface area contributed by atoms with Crippen LogP contribution in [0.15, 0.2) is 54.9 Å². The number of H-pyrrole nitrogens is 1. The van der Waals surface area contributed by atoms with E-state index in [1.54, 1.807) is 6.07 Å². The summed E-state index contributed by atoms with van der Waals surface area (Å²) in [6, 6.07) is 13.7. The van der Waals surface area contributed by atoms with Gasteiger partial charge < -0.3 is 0 Å². The maximum absolute atomic E-state index is 9.80. The average molecular weight is 225 g/mol. The molecule has 0 saturated carbocycles. The summed E-state index contributed by atoms with van der Waals surface area (Å²) in [7, 11) is 0. The number of benzene rings is 1. The molecular weight excluding hydrogens is 214 g/mol. The minimum Gasteiger partial charge on any atom is -0.296 e. The topological polar surface area (TPSA) is 58.6 Å². The van der Waals surface area contributed by atoms with Crippen molar-refractivity contribution in [1.82, 2.24) is 15.2 Å². The summed E-state index contributed by atoms with van der Waals surface area (Å²) in [6.45, 7) is 0. The lowest BCUT2D eigenvalue weighted by Crippen LogP contribution is -1.75. The normalized spacial score (nSPS) is 9.41. The molecule has 0 unspecified atom stereocenters. The Hall–Kier alpha value is -2.49. The van der Waals surface area contributed by atoms with Crippen molar-refractivity contribution in [2.24, 2.45) is 0 Å². The van der Waals surface area contributed by atoms with E-state index in [1.807, 2.05) is 30.5 Å². The van der Waals surface area contributed by atoms with Crippen molar-refractivity contribution >= 4 is 17.2 Å². The number of para-hydroxylation sites is 1. The largest absolute Gasteiger partial charge is 0.296 e. The van der Waals surface area contributed by atoms with Gasteiger partial charge in [-0.25, -0.2) is 0 Å². The lowest BCUT2D eigenvalue weighted by Gasteiger charge is -1.91. The highest BCUT2D eigenvalue weighted by atomic mass is 16.1. The van der Waals surface area contributed by atoms with E-state index in [4.69, 9.17) is 0 Å². The minimum absolute atomic E-state index is 0.514. The molecule has 0 radical (unpaired) electrons. The molecule has 0 spiro atoms. The molecule has 0 fully saturated rings. The molecule has 4 heteroatoms. The Morgan fingerprint density at radius 1 is 1.00 bits per heavy atom. The number of aromatic nitrogens is 3. The number of hydrogen-bond acceptors (Lipinski definition) is 3. The van der Waals surface area contributed by atoms with E-state index in [0.29, 0.717) is 12.0 Å². The fourth-order valence-electron chi connectivity index (χ4n) is 1.35. The molecule has 1 N–H and O–H groups in total. The molecule has 3 aromatic rings. The number of pyridine rings is 1. The number of aldehydes is 1. The van der Waals surface area contributed by atoms with Crippen LogP contribution in [0, 0.1) is 0 Å². The molecule has 1 aromatic carbocycles. The van der Waals surface area contributed by atoms with E-state index in [9.17, 15) is 4.79 Å². The molecule has 0 aliphatic carbocycles. The Bertz CT molecular complexity index is 525. The fraction of sp³-hybridized carbons (Fsp3) is 0. The number of nitrogens with zero attached hydrogens (tertiary/aromatic N) is 2. The zero-order valence-electron chi connectivity index (χ0n) is 9.08. The highest BCUT2D eigenvalue weighted by Gasteiger charge is 1.86. The van der Waals surface area contributed by atoms with Crippen LogP contribution in [-0.2, 0) is 0 Å². The summed E-state index contributed by atoms with van der Waals surface area (Å²) in [4.78, 5) is 14.0. The second kappa shape index (κ2) is 5.55. The molecule has 0 bridgehead atoms. The molecule has 2 aromatic heterocycles. The number of aromatic amines is 1. The highest BCUT2D eigenvalue weighted by Crippen LogP contribution is 2.07. The van der Waals surface area contributed by atoms with E-state index < -0.39 is 0 Å². The Balaban J connectivity index is 0.000000136. The zero-order valence-corrected chi connectivity index (χ0v) is 9.08. The smallest absolute Gasteiger partial charge is 0.167 e. The third-order valence-corrected chi connectivity index (χ3v) is 2.16. The van der Waals surface area contributed by atoms with E-state index in [1.165, 1.54) is 11.6 Å². The van der Waals surface area contributed by atoms with Gasteiger partial charge in [-0.2, -0.15) is 5.10 Å². The summed E-state index contributed by atoms with van der Waals surface area (Å²) >= 11 is 0. The standard InChI is InChI=1S/C9H7N.C4H4N2O/c1-2-6-9-8(4-1)5-3-7-10-9;7-3-4-1-2-5-6-4/h1-7H;1-3H,(H,5,6). The third-order valence-electron chi connectivity index (χ3n) is 2.16. The molecule has 0 aliphatic heterocycles.